The molecule has 1 aliphatic rings. The molecule has 1 aromatic heterocycles. The van der Waals surface area contributed by atoms with Crippen molar-refractivity contribution in [3.8, 4) is 39.8 Å². The molecule has 172 valence electrons. The van der Waals surface area contributed by atoms with Crippen molar-refractivity contribution < 1.29 is 19.0 Å². The van der Waals surface area contributed by atoms with Gasteiger partial charge in [0.05, 0.1) is 18.5 Å². The summed E-state index contributed by atoms with van der Waals surface area (Å²) in [6.45, 7) is 1.66. The van der Waals surface area contributed by atoms with Gasteiger partial charge in [0.2, 0.25) is 0 Å². The van der Waals surface area contributed by atoms with E-state index < -0.39 is 0 Å². The molecule has 2 N–H and O–H groups in total. The van der Waals surface area contributed by atoms with E-state index in [9.17, 15) is 4.79 Å². The second-order valence-corrected chi connectivity index (χ2v) is 7.96. The monoisotopic (exact) mass is 455 g/mol. The molecule has 4 aromatic rings. The van der Waals surface area contributed by atoms with Gasteiger partial charge in [0.25, 0.3) is 5.91 Å². The molecule has 0 saturated heterocycles. The van der Waals surface area contributed by atoms with Gasteiger partial charge in [-0.25, -0.2) is 0 Å². The van der Waals surface area contributed by atoms with Crippen LogP contribution in [-0.4, -0.2) is 43.0 Å². The molecule has 5 rings (SSSR count). The summed E-state index contributed by atoms with van der Waals surface area (Å²) in [7, 11) is 1.65. The number of methoxy groups -OCH3 is 1. The lowest BCUT2D eigenvalue weighted by Gasteiger charge is -2.18. The fourth-order valence-electron chi connectivity index (χ4n) is 3.87. The van der Waals surface area contributed by atoms with Crippen molar-refractivity contribution in [1.29, 1.82) is 0 Å². The Morgan fingerprint density at radius 1 is 0.971 bits per heavy atom. The molecule has 0 unspecified atom stereocenters. The zero-order chi connectivity index (χ0) is 23.3. The van der Waals surface area contributed by atoms with E-state index in [1.165, 1.54) is 0 Å². The van der Waals surface area contributed by atoms with Crippen molar-refractivity contribution >= 4 is 5.91 Å². The highest BCUT2D eigenvalue weighted by Crippen LogP contribution is 2.34. The van der Waals surface area contributed by atoms with Crippen LogP contribution in [0.4, 0.5) is 0 Å². The lowest BCUT2D eigenvalue weighted by Crippen LogP contribution is -2.25. The summed E-state index contributed by atoms with van der Waals surface area (Å²) in [6.07, 6.45) is 0.734. The minimum atomic E-state index is -0.101. The summed E-state index contributed by atoms with van der Waals surface area (Å²) in [5.41, 5.74) is 5.30. The number of aromatic amines is 1. The minimum Gasteiger partial charge on any atom is -0.497 e. The van der Waals surface area contributed by atoms with Gasteiger partial charge in [0.1, 0.15) is 19.0 Å². The second kappa shape index (κ2) is 9.70. The van der Waals surface area contributed by atoms with Crippen LogP contribution in [0.15, 0.2) is 72.8 Å². The average Bonchev–Trinajstić information content (AvgIpc) is 3.39. The zero-order valence-corrected chi connectivity index (χ0v) is 18.8. The van der Waals surface area contributed by atoms with E-state index >= 15 is 0 Å². The molecular weight excluding hydrogens is 430 g/mol. The standard InChI is InChI=1S/C27H25N3O4/c1-32-22-4-2-3-18(15-22)11-12-28-27(31)20-7-5-19(6-8-20)23-17-24(30-29-23)21-9-10-25-26(16-21)34-14-13-33-25/h2-10,15-17H,11-14H2,1H3,(H,28,31)(H,29,30). The number of ether oxygens (including phenoxy) is 3. The molecule has 1 aliphatic heterocycles. The van der Waals surface area contributed by atoms with E-state index in [1.807, 2.05) is 72.8 Å². The number of aromatic nitrogens is 2. The Morgan fingerprint density at radius 3 is 2.59 bits per heavy atom. The fourth-order valence-corrected chi connectivity index (χ4v) is 3.87. The molecule has 3 aromatic carbocycles. The Kier molecular flexibility index (Phi) is 6.16. The average molecular weight is 456 g/mol. The number of nitrogens with one attached hydrogen (secondary N) is 2. The number of hydrogen-bond donors (Lipinski definition) is 2. The van der Waals surface area contributed by atoms with Gasteiger partial charge in [-0.15, -0.1) is 0 Å². The summed E-state index contributed by atoms with van der Waals surface area (Å²) >= 11 is 0. The summed E-state index contributed by atoms with van der Waals surface area (Å²) in [5, 5.41) is 10.5. The maximum atomic E-state index is 12.5. The Bertz CT molecular complexity index is 1300. The SMILES string of the molecule is COc1cccc(CCNC(=O)c2ccc(-c3cc(-c4ccc5c(c4)OCCO5)n[nH]3)cc2)c1. The summed E-state index contributed by atoms with van der Waals surface area (Å²) in [6, 6.07) is 23.1. The summed E-state index contributed by atoms with van der Waals surface area (Å²) < 4.78 is 16.5. The van der Waals surface area contributed by atoms with E-state index in [1.54, 1.807) is 7.11 Å². The second-order valence-electron chi connectivity index (χ2n) is 7.96. The third kappa shape index (κ3) is 4.73. The van der Waals surface area contributed by atoms with Crippen molar-refractivity contribution in [3.63, 3.8) is 0 Å². The number of H-pyrrole nitrogens is 1. The van der Waals surface area contributed by atoms with Crippen LogP contribution in [0.5, 0.6) is 17.2 Å². The van der Waals surface area contributed by atoms with Gasteiger partial charge in [-0.05, 0) is 66.1 Å². The Morgan fingerprint density at radius 2 is 1.76 bits per heavy atom. The van der Waals surface area contributed by atoms with Gasteiger partial charge in [0.15, 0.2) is 11.5 Å². The van der Waals surface area contributed by atoms with Gasteiger partial charge >= 0.3 is 0 Å². The number of carbonyl (C=O) groups is 1. The van der Waals surface area contributed by atoms with E-state index in [0.717, 1.165) is 51.7 Å². The first-order valence-corrected chi connectivity index (χ1v) is 11.2. The number of rotatable bonds is 7. The van der Waals surface area contributed by atoms with Crippen LogP contribution in [0, 0.1) is 0 Å². The molecule has 1 amide bonds. The van der Waals surface area contributed by atoms with Gasteiger partial charge in [-0.2, -0.15) is 5.10 Å². The number of carbonyl (C=O) groups excluding carboxylic acids is 1. The summed E-state index contributed by atoms with van der Waals surface area (Å²) in [5.74, 6) is 2.20. The first-order valence-electron chi connectivity index (χ1n) is 11.2. The topological polar surface area (TPSA) is 85.5 Å². The van der Waals surface area contributed by atoms with Crippen molar-refractivity contribution in [2.24, 2.45) is 0 Å². The minimum absolute atomic E-state index is 0.101. The smallest absolute Gasteiger partial charge is 0.251 e. The van der Waals surface area contributed by atoms with Gasteiger partial charge < -0.3 is 19.5 Å². The maximum Gasteiger partial charge on any atom is 0.251 e. The normalized spacial score (nSPS) is 12.3. The van der Waals surface area contributed by atoms with Crippen molar-refractivity contribution in [3.05, 3.63) is 83.9 Å². The third-order valence-electron chi connectivity index (χ3n) is 5.71. The number of amides is 1. The maximum absolute atomic E-state index is 12.5. The number of benzene rings is 3. The fraction of sp³-hybridized carbons (Fsp3) is 0.185. The van der Waals surface area contributed by atoms with Crippen LogP contribution >= 0.6 is 0 Å². The molecule has 7 heteroatoms. The highest BCUT2D eigenvalue weighted by Gasteiger charge is 2.14. The molecule has 0 bridgehead atoms. The van der Waals surface area contributed by atoms with Crippen LogP contribution in [-0.2, 0) is 6.42 Å². The number of nitrogens with zero attached hydrogens (tertiary/aromatic N) is 1. The summed E-state index contributed by atoms with van der Waals surface area (Å²) in [4.78, 5) is 12.5. The first kappa shape index (κ1) is 21.6. The van der Waals surface area contributed by atoms with Gasteiger partial charge in [-0.3, -0.25) is 9.89 Å². The molecule has 0 saturated carbocycles. The Hall–Kier alpha value is -4.26. The zero-order valence-electron chi connectivity index (χ0n) is 18.8. The van der Waals surface area contributed by atoms with Crippen LogP contribution in [0.1, 0.15) is 15.9 Å². The molecular formula is C27H25N3O4. The van der Waals surface area contributed by atoms with Gasteiger partial charge in [-0.1, -0.05) is 24.3 Å². The number of fused-ring (bicyclic) bond motifs is 1. The van der Waals surface area contributed by atoms with E-state index in [4.69, 9.17) is 14.2 Å². The largest absolute Gasteiger partial charge is 0.497 e. The van der Waals surface area contributed by atoms with Gasteiger partial charge in [0, 0.05) is 17.7 Å². The lowest BCUT2D eigenvalue weighted by molar-refractivity contribution is 0.0954. The molecule has 2 heterocycles. The Labute approximate surface area is 197 Å². The molecule has 34 heavy (non-hydrogen) atoms. The van der Waals surface area contributed by atoms with Crippen molar-refractivity contribution in [1.82, 2.24) is 15.5 Å². The molecule has 7 nitrogen and oxygen atoms in total. The van der Waals surface area contributed by atoms with Crippen LogP contribution in [0.2, 0.25) is 0 Å². The Balaban J connectivity index is 1.21. The van der Waals surface area contributed by atoms with Crippen LogP contribution in [0.25, 0.3) is 22.5 Å². The molecule has 0 spiro atoms. The molecule has 0 radical (unpaired) electrons. The first-order chi connectivity index (χ1) is 16.7. The third-order valence-corrected chi connectivity index (χ3v) is 5.71. The van der Waals surface area contributed by atoms with E-state index in [-0.39, 0.29) is 5.91 Å². The van der Waals surface area contributed by atoms with Crippen LogP contribution < -0.4 is 19.5 Å². The quantitative estimate of drug-likeness (QED) is 0.429. The van der Waals surface area contributed by atoms with E-state index in [2.05, 4.69) is 15.5 Å². The molecule has 0 atom stereocenters. The predicted octanol–water partition coefficient (Wildman–Crippen LogP) is 4.50. The predicted molar refractivity (Wildman–Crippen MR) is 129 cm³/mol. The van der Waals surface area contributed by atoms with E-state index in [0.29, 0.717) is 25.3 Å². The van der Waals surface area contributed by atoms with Crippen LogP contribution in [0.3, 0.4) is 0 Å². The lowest BCUT2D eigenvalue weighted by atomic mass is 10.1. The van der Waals surface area contributed by atoms with Crippen molar-refractivity contribution in [2.75, 3.05) is 26.9 Å². The number of hydrogen-bond acceptors (Lipinski definition) is 5. The molecule has 0 fully saturated rings. The highest BCUT2D eigenvalue weighted by atomic mass is 16.6. The van der Waals surface area contributed by atoms with Crippen molar-refractivity contribution in [2.45, 2.75) is 6.42 Å². The molecule has 0 aliphatic carbocycles. The highest BCUT2D eigenvalue weighted by molar-refractivity contribution is 5.94.